The van der Waals surface area contributed by atoms with Crippen LogP contribution in [0, 0.1) is 0 Å². The number of ether oxygens (including phenoxy) is 2. The van der Waals surface area contributed by atoms with E-state index >= 15 is 0 Å². The molecule has 0 aromatic heterocycles. The fraction of sp³-hybridized carbons (Fsp3) is 0.457. The Labute approximate surface area is 253 Å². The highest BCUT2D eigenvalue weighted by Gasteiger charge is 2.39. The Balaban J connectivity index is 1.73. The van der Waals surface area contributed by atoms with Gasteiger partial charge in [-0.2, -0.15) is 0 Å². The van der Waals surface area contributed by atoms with Gasteiger partial charge in [-0.15, -0.1) is 0 Å². The van der Waals surface area contributed by atoms with Crippen LogP contribution in [0.4, 0.5) is 0 Å². The summed E-state index contributed by atoms with van der Waals surface area (Å²) in [6.07, 6.45) is 1.73. The number of rotatable bonds is 15. The van der Waals surface area contributed by atoms with E-state index in [0.717, 1.165) is 28.7 Å². The Hall–Kier alpha value is -2.97. The van der Waals surface area contributed by atoms with Crippen molar-refractivity contribution in [1.29, 1.82) is 0 Å². The molecule has 0 saturated heterocycles. The molecule has 2 atom stereocenters. The van der Waals surface area contributed by atoms with Crippen LogP contribution in [0.5, 0.6) is 5.75 Å². The highest BCUT2D eigenvalue weighted by atomic mass is 28.4. The molecule has 0 aliphatic rings. The molecule has 7 heteroatoms. The molecule has 0 saturated carbocycles. The van der Waals surface area contributed by atoms with Gasteiger partial charge in [-0.05, 0) is 72.3 Å². The van der Waals surface area contributed by atoms with E-state index in [9.17, 15) is 9.90 Å². The van der Waals surface area contributed by atoms with Crippen LogP contribution in [0.25, 0.3) is 0 Å². The van der Waals surface area contributed by atoms with Crippen LogP contribution in [-0.4, -0.2) is 39.1 Å². The number of carbonyl (C=O) groups is 1. The van der Waals surface area contributed by atoms with Gasteiger partial charge in [0.05, 0.1) is 19.8 Å². The first-order valence-electron chi connectivity index (χ1n) is 14.9. The number of methoxy groups -OCH3 is 1. The number of aryl methyl sites for hydroxylation is 1. The number of benzene rings is 3. The highest BCUT2D eigenvalue weighted by molar-refractivity contribution is 6.74. The van der Waals surface area contributed by atoms with E-state index in [-0.39, 0.29) is 29.8 Å². The standard InChI is InChI=1S/C35H49NO5Si/c1-26(20-29-15-11-14-27(21-29)16-19-34(38)39-5)36-23-33(41-42(6,7)35(2,3)4)30-17-18-32(31(22-30)24-37)40-25-28-12-9-8-10-13-28/h8-15,17-18,21-22,26,33,36-37H,16,19-20,23-25H2,1-7H3/t26-,33+/m1/s1. The van der Waals surface area contributed by atoms with Crippen LogP contribution in [0.3, 0.4) is 0 Å². The molecule has 0 heterocycles. The van der Waals surface area contributed by atoms with Gasteiger partial charge < -0.3 is 24.3 Å². The minimum absolute atomic E-state index is 0.0556. The van der Waals surface area contributed by atoms with Gasteiger partial charge in [0.2, 0.25) is 0 Å². The van der Waals surface area contributed by atoms with Gasteiger partial charge in [-0.3, -0.25) is 4.79 Å². The maximum atomic E-state index is 11.6. The Morgan fingerprint density at radius 2 is 1.64 bits per heavy atom. The van der Waals surface area contributed by atoms with Crippen molar-refractivity contribution in [1.82, 2.24) is 5.32 Å². The molecule has 0 bridgehead atoms. The SMILES string of the molecule is COC(=O)CCc1cccc(C[C@@H](C)NC[C@H](O[Si](C)(C)C(C)(C)C)c2ccc(OCc3ccccc3)c(CO)c2)c1. The summed E-state index contributed by atoms with van der Waals surface area (Å²) in [6, 6.07) is 24.7. The lowest BCUT2D eigenvalue weighted by Crippen LogP contribution is -2.44. The summed E-state index contributed by atoms with van der Waals surface area (Å²) >= 11 is 0. The maximum Gasteiger partial charge on any atom is 0.305 e. The lowest BCUT2D eigenvalue weighted by Gasteiger charge is -2.40. The molecule has 0 radical (unpaired) electrons. The van der Waals surface area contributed by atoms with E-state index in [0.29, 0.717) is 31.7 Å². The number of aliphatic hydroxyl groups is 1. The van der Waals surface area contributed by atoms with Crippen LogP contribution in [-0.2, 0) is 40.0 Å². The van der Waals surface area contributed by atoms with Crippen molar-refractivity contribution in [3.8, 4) is 5.75 Å². The monoisotopic (exact) mass is 591 g/mol. The molecule has 0 unspecified atom stereocenters. The molecule has 0 fully saturated rings. The average Bonchev–Trinajstić information content (AvgIpc) is 2.97. The quantitative estimate of drug-likeness (QED) is 0.144. The van der Waals surface area contributed by atoms with Crippen molar-refractivity contribution < 1.29 is 23.8 Å². The van der Waals surface area contributed by atoms with Crippen molar-refractivity contribution in [2.45, 2.75) is 90.4 Å². The van der Waals surface area contributed by atoms with Crippen molar-refractivity contribution in [3.05, 3.63) is 101 Å². The smallest absolute Gasteiger partial charge is 0.305 e. The van der Waals surface area contributed by atoms with Crippen LogP contribution >= 0.6 is 0 Å². The highest BCUT2D eigenvalue weighted by Crippen LogP contribution is 2.40. The van der Waals surface area contributed by atoms with Crippen LogP contribution < -0.4 is 10.1 Å². The topological polar surface area (TPSA) is 77.0 Å². The third kappa shape index (κ3) is 10.1. The zero-order valence-electron chi connectivity index (χ0n) is 26.4. The second-order valence-corrected chi connectivity index (χ2v) is 17.3. The molecule has 3 aromatic rings. The number of hydrogen-bond donors (Lipinski definition) is 2. The third-order valence-electron chi connectivity index (χ3n) is 8.14. The molecule has 3 aromatic carbocycles. The first-order chi connectivity index (χ1) is 19.9. The predicted octanol–water partition coefficient (Wildman–Crippen LogP) is 7.15. The van der Waals surface area contributed by atoms with Crippen LogP contribution in [0.1, 0.15) is 68.0 Å². The minimum atomic E-state index is -2.10. The Morgan fingerprint density at radius 3 is 2.31 bits per heavy atom. The third-order valence-corrected chi connectivity index (χ3v) is 12.6. The molecule has 6 nitrogen and oxygen atoms in total. The molecule has 0 aliphatic carbocycles. The molecule has 3 rings (SSSR count). The Kier molecular flexibility index (Phi) is 12.4. The number of nitrogens with one attached hydrogen (secondary N) is 1. The largest absolute Gasteiger partial charge is 0.489 e. The Bertz CT molecular complexity index is 1270. The summed E-state index contributed by atoms with van der Waals surface area (Å²) in [7, 11) is -0.674. The summed E-state index contributed by atoms with van der Waals surface area (Å²) in [6.45, 7) is 14.5. The first kappa shape index (κ1) is 33.5. The Morgan fingerprint density at radius 1 is 0.952 bits per heavy atom. The van der Waals surface area contributed by atoms with Crippen LogP contribution in [0.2, 0.25) is 18.1 Å². The van der Waals surface area contributed by atoms with Crippen molar-refractivity contribution >= 4 is 14.3 Å². The van der Waals surface area contributed by atoms with Gasteiger partial charge in [0.1, 0.15) is 12.4 Å². The second kappa shape index (κ2) is 15.5. The fourth-order valence-corrected chi connectivity index (χ4v) is 5.84. The van der Waals surface area contributed by atoms with Gasteiger partial charge in [0.15, 0.2) is 8.32 Å². The molecular weight excluding hydrogens is 542 g/mol. The summed E-state index contributed by atoms with van der Waals surface area (Å²) in [5.74, 6) is 0.493. The number of hydrogen-bond acceptors (Lipinski definition) is 6. The van der Waals surface area contributed by atoms with Crippen molar-refractivity contribution in [2.24, 2.45) is 0 Å². The lowest BCUT2D eigenvalue weighted by molar-refractivity contribution is -0.140. The van der Waals surface area contributed by atoms with Gasteiger partial charge >= 0.3 is 5.97 Å². The van der Waals surface area contributed by atoms with Gasteiger partial charge in [0, 0.05) is 24.6 Å². The zero-order valence-corrected chi connectivity index (χ0v) is 27.4. The van der Waals surface area contributed by atoms with E-state index in [1.807, 2.05) is 42.5 Å². The van der Waals surface area contributed by atoms with Gasteiger partial charge in [-0.1, -0.05) is 81.4 Å². The van der Waals surface area contributed by atoms with Crippen molar-refractivity contribution in [3.63, 3.8) is 0 Å². The van der Waals surface area contributed by atoms with Gasteiger partial charge in [-0.25, -0.2) is 0 Å². The van der Waals surface area contributed by atoms with E-state index < -0.39 is 8.32 Å². The number of carbonyl (C=O) groups excluding carboxylic acids is 1. The molecule has 0 aliphatic heterocycles. The van der Waals surface area contributed by atoms with E-state index in [1.54, 1.807) is 0 Å². The maximum absolute atomic E-state index is 11.6. The average molecular weight is 592 g/mol. The zero-order chi connectivity index (χ0) is 30.8. The second-order valence-electron chi connectivity index (χ2n) is 12.6. The molecule has 2 N–H and O–H groups in total. The predicted molar refractivity (Wildman–Crippen MR) is 172 cm³/mol. The van der Waals surface area contributed by atoms with Crippen molar-refractivity contribution in [2.75, 3.05) is 13.7 Å². The van der Waals surface area contributed by atoms with E-state index in [4.69, 9.17) is 13.9 Å². The van der Waals surface area contributed by atoms with Gasteiger partial charge in [0.25, 0.3) is 0 Å². The number of aliphatic hydroxyl groups excluding tert-OH is 1. The summed E-state index contributed by atoms with van der Waals surface area (Å²) in [5.41, 5.74) is 5.22. The molecular formula is C35H49NO5Si. The molecule has 228 valence electrons. The first-order valence-corrected chi connectivity index (χ1v) is 17.8. The lowest BCUT2D eigenvalue weighted by atomic mass is 10.0. The fourth-order valence-electron chi connectivity index (χ4n) is 4.55. The van der Waals surface area contributed by atoms with E-state index in [1.165, 1.54) is 12.7 Å². The normalized spacial score (nSPS) is 13.4. The summed E-state index contributed by atoms with van der Waals surface area (Å²) in [4.78, 5) is 11.6. The molecule has 0 spiro atoms. The van der Waals surface area contributed by atoms with E-state index in [2.05, 4.69) is 76.4 Å². The van der Waals surface area contributed by atoms with Crippen LogP contribution in [0.15, 0.2) is 72.8 Å². The molecule has 0 amide bonds. The summed E-state index contributed by atoms with van der Waals surface area (Å²) < 4.78 is 17.8. The molecule has 42 heavy (non-hydrogen) atoms. The summed E-state index contributed by atoms with van der Waals surface area (Å²) in [5, 5.41) is 14.0. The number of esters is 1. The minimum Gasteiger partial charge on any atom is -0.489 e.